The molecule has 1 amide bonds. The van der Waals surface area contributed by atoms with Crippen LogP contribution in [0.3, 0.4) is 0 Å². The van der Waals surface area contributed by atoms with E-state index in [0.29, 0.717) is 17.9 Å². The molecule has 1 saturated heterocycles. The molecule has 9 heteroatoms. The van der Waals surface area contributed by atoms with Crippen LogP contribution in [0.2, 0.25) is 0 Å². The van der Waals surface area contributed by atoms with Gasteiger partial charge in [0.05, 0.1) is 30.0 Å². The van der Waals surface area contributed by atoms with Gasteiger partial charge in [-0.15, -0.1) is 0 Å². The summed E-state index contributed by atoms with van der Waals surface area (Å²) in [6.45, 7) is 3.02. The molecular weight excluding hydrogens is 387 g/mol. The highest BCUT2D eigenvalue weighted by molar-refractivity contribution is 5.99. The van der Waals surface area contributed by atoms with Crippen LogP contribution in [0.4, 0.5) is 4.39 Å². The Morgan fingerprint density at radius 2 is 2.30 bits per heavy atom. The number of carbonyl (C=O) groups is 1. The molecule has 1 aromatic heterocycles. The molecule has 2 fully saturated rings. The Hall–Kier alpha value is -2.78. The zero-order valence-electron chi connectivity index (χ0n) is 16.9. The molecule has 4 aliphatic rings. The number of aliphatic imine (C=N–C) groups is 1. The third-order valence-corrected chi connectivity index (χ3v) is 6.33. The van der Waals surface area contributed by atoms with Gasteiger partial charge < -0.3 is 15.3 Å². The van der Waals surface area contributed by atoms with E-state index in [1.165, 1.54) is 6.20 Å². The fourth-order valence-electron chi connectivity index (χ4n) is 4.35. The summed E-state index contributed by atoms with van der Waals surface area (Å²) in [6, 6.07) is 1.56. The maximum Gasteiger partial charge on any atom is 0.252 e. The van der Waals surface area contributed by atoms with Crippen LogP contribution in [-0.4, -0.2) is 57.0 Å². The normalized spacial score (nSPS) is 24.2. The van der Waals surface area contributed by atoms with Crippen molar-refractivity contribution in [2.45, 2.75) is 44.2 Å². The number of hydrogen-bond donors (Lipinski definition) is 3. The first-order valence-electron chi connectivity index (χ1n) is 10.3. The number of carbonyl (C=O) groups excluding carboxylic acids is 1. The first-order chi connectivity index (χ1) is 14.5. The number of aryl methyl sites for hydroxylation is 1. The van der Waals surface area contributed by atoms with Crippen molar-refractivity contribution in [1.82, 2.24) is 25.6 Å². The molecule has 3 N–H and O–H groups in total. The van der Waals surface area contributed by atoms with Crippen molar-refractivity contribution in [3.05, 3.63) is 53.0 Å². The molecule has 1 aromatic rings. The van der Waals surface area contributed by atoms with E-state index >= 15 is 0 Å². The SMILES string of the molecule is Cc1ncc(F)cc1[C@H]1CCCN1C1=NC2=C(C(=O)NC3(CO)CC3)CNN2C=C1. The highest BCUT2D eigenvalue weighted by atomic mass is 19.1. The van der Waals surface area contributed by atoms with E-state index in [2.05, 4.69) is 20.6 Å². The quantitative estimate of drug-likeness (QED) is 0.690. The van der Waals surface area contributed by atoms with Crippen LogP contribution in [-0.2, 0) is 4.79 Å². The van der Waals surface area contributed by atoms with E-state index in [-0.39, 0.29) is 24.4 Å². The number of pyridine rings is 1. The van der Waals surface area contributed by atoms with Crippen molar-refractivity contribution < 1.29 is 14.3 Å². The van der Waals surface area contributed by atoms with Gasteiger partial charge in [0.25, 0.3) is 5.91 Å². The summed E-state index contributed by atoms with van der Waals surface area (Å²) in [5, 5.41) is 14.2. The summed E-state index contributed by atoms with van der Waals surface area (Å²) in [5.74, 6) is 0.783. The summed E-state index contributed by atoms with van der Waals surface area (Å²) < 4.78 is 13.8. The molecule has 4 heterocycles. The third kappa shape index (κ3) is 3.27. The van der Waals surface area contributed by atoms with E-state index in [0.717, 1.165) is 49.3 Å². The summed E-state index contributed by atoms with van der Waals surface area (Å²) in [4.78, 5) is 23.9. The second kappa shape index (κ2) is 7.17. The minimum absolute atomic E-state index is 0.000453. The van der Waals surface area contributed by atoms with Crippen LogP contribution in [0.1, 0.15) is 43.0 Å². The maximum absolute atomic E-state index is 13.8. The van der Waals surface area contributed by atoms with Crippen molar-refractivity contribution in [3.63, 3.8) is 0 Å². The fraction of sp³-hybridized carbons (Fsp3) is 0.476. The largest absolute Gasteiger partial charge is 0.394 e. The minimum Gasteiger partial charge on any atom is -0.394 e. The topological polar surface area (TPSA) is 93.1 Å². The van der Waals surface area contributed by atoms with Crippen LogP contribution >= 0.6 is 0 Å². The Balaban J connectivity index is 1.44. The number of nitrogens with zero attached hydrogens (tertiary/aromatic N) is 4. The minimum atomic E-state index is -0.475. The number of amidine groups is 1. The van der Waals surface area contributed by atoms with Crippen molar-refractivity contribution in [1.29, 1.82) is 0 Å². The predicted octanol–water partition coefficient (Wildman–Crippen LogP) is 1.26. The molecule has 0 bridgehead atoms. The molecule has 0 unspecified atom stereocenters. The number of hydrogen-bond acceptors (Lipinski definition) is 7. The van der Waals surface area contributed by atoms with Gasteiger partial charge in [-0.05, 0) is 50.3 Å². The van der Waals surface area contributed by atoms with Crippen molar-refractivity contribution in [2.75, 3.05) is 19.7 Å². The van der Waals surface area contributed by atoms with Crippen LogP contribution in [0.25, 0.3) is 0 Å². The first kappa shape index (κ1) is 19.2. The predicted molar refractivity (Wildman–Crippen MR) is 108 cm³/mol. The fourth-order valence-corrected chi connectivity index (χ4v) is 4.35. The number of aromatic nitrogens is 1. The lowest BCUT2D eigenvalue weighted by atomic mass is 10.0. The zero-order chi connectivity index (χ0) is 20.9. The number of aliphatic hydroxyl groups excluding tert-OH is 1. The van der Waals surface area contributed by atoms with E-state index < -0.39 is 5.54 Å². The Morgan fingerprint density at radius 1 is 1.47 bits per heavy atom. The second-order valence-electron chi connectivity index (χ2n) is 8.36. The van der Waals surface area contributed by atoms with Gasteiger partial charge in [-0.3, -0.25) is 14.8 Å². The monoisotopic (exact) mass is 412 g/mol. The highest BCUT2D eigenvalue weighted by Gasteiger charge is 2.45. The van der Waals surface area contributed by atoms with Crippen LogP contribution < -0.4 is 10.7 Å². The Bertz CT molecular complexity index is 984. The Morgan fingerprint density at radius 3 is 3.07 bits per heavy atom. The van der Waals surface area contributed by atoms with Crippen LogP contribution in [0, 0.1) is 12.7 Å². The first-order valence-corrected chi connectivity index (χ1v) is 10.3. The van der Waals surface area contributed by atoms with E-state index in [1.54, 1.807) is 11.1 Å². The number of fused-ring (bicyclic) bond motifs is 1. The molecule has 5 rings (SSSR count). The molecule has 0 aromatic carbocycles. The van der Waals surface area contributed by atoms with Gasteiger partial charge in [0.15, 0.2) is 5.82 Å². The van der Waals surface area contributed by atoms with Crippen molar-refractivity contribution in [2.24, 2.45) is 4.99 Å². The molecular formula is C21H25FN6O2. The molecule has 0 spiro atoms. The number of hydrazine groups is 1. The number of amides is 1. The Labute approximate surface area is 174 Å². The maximum atomic E-state index is 13.8. The second-order valence-corrected chi connectivity index (χ2v) is 8.36. The lowest BCUT2D eigenvalue weighted by Crippen LogP contribution is -2.41. The molecule has 30 heavy (non-hydrogen) atoms. The lowest BCUT2D eigenvalue weighted by Gasteiger charge is -2.30. The van der Waals surface area contributed by atoms with Crippen LogP contribution in [0.5, 0.6) is 0 Å². The molecule has 158 valence electrons. The number of aliphatic hydroxyl groups is 1. The smallest absolute Gasteiger partial charge is 0.252 e. The molecule has 1 aliphatic carbocycles. The summed E-state index contributed by atoms with van der Waals surface area (Å²) in [7, 11) is 0. The van der Waals surface area contributed by atoms with E-state index in [1.807, 2.05) is 19.2 Å². The van der Waals surface area contributed by atoms with Crippen LogP contribution in [0.15, 0.2) is 40.9 Å². The number of nitrogens with one attached hydrogen (secondary N) is 2. The molecule has 3 aliphatic heterocycles. The van der Waals surface area contributed by atoms with Gasteiger partial charge in [0.2, 0.25) is 0 Å². The molecule has 1 atom stereocenters. The summed E-state index contributed by atoms with van der Waals surface area (Å²) in [6.07, 6.45) is 8.47. The van der Waals surface area contributed by atoms with Gasteiger partial charge in [-0.25, -0.2) is 14.8 Å². The standard InChI is InChI=1S/C21H25FN6O2/c1-13-15(9-14(22)10-23-13)17-3-2-7-27(17)18-4-8-28-19(25-18)16(11-24-28)20(30)26-21(12-29)5-6-21/h4,8-10,17,24,29H,2-3,5-7,11-12H2,1H3,(H,26,30)/t17-/m1/s1. The van der Waals surface area contributed by atoms with Gasteiger partial charge in [-0.2, -0.15) is 0 Å². The molecule has 8 nitrogen and oxygen atoms in total. The average Bonchev–Trinajstić information content (AvgIpc) is 3.15. The molecule has 0 radical (unpaired) electrons. The van der Waals surface area contributed by atoms with Gasteiger partial charge in [-0.1, -0.05) is 0 Å². The summed E-state index contributed by atoms with van der Waals surface area (Å²) >= 11 is 0. The van der Waals surface area contributed by atoms with Crippen molar-refractivity contribution in [3.8, 4) is 0 Å². The average molecular weight is 412 g/mol. The van der Waals surface area contributed by atoms with E-state index in [4.69, 9.17) is 4.99 Å². The van der Waals surface area contributed by atoms with Gasteiger partial charge in [0, 0.05) is 25.0 Å². The number of halogens is 1. The third-order valence-electron chi connectivity index (χ3n) is 6.33. The number of likely N-dealkylation sites (tertiary alicyclic amines) is 1. The van der Waals surface area contributed by atoms with Crippen molar-refractivity contribution >= 4 is 11.7 Å². The van der Waals surface area contributed by atoms with Gasteiger partial charge in [0.1, 0.15) is 11.7 Å². The number of rotatable bonds is 4. The zero-order valence-corrected chi connectivity index (χ0v) is 16.9. The Kier molecular flexibility index (Phi) is 4.59. The van der Waals surface area contributed by atoms with E-state index in [9.17, 15) is 14.3 Å². The lowest BCUT2D eigenvalue weighted by molar-refractivity contribution is -0.118. The van der Waals surface area contributed by atoms with Gasteiger partial charge >= 0.3 is 0 Å². The summed E-state index contributed by atoms with van der Waals surface area (Å²) in [5.41, 5.74) is 4.92. The highest BCUT2D eigenvalue weighted by Crippen LogP contribution is 2.37. The molecule has 1 saturated carbocycles.